The van der Waals surface area contributed by atoms with Crippen LogP contribution in [-0.4, -0.2) is 34.7 Å². The second-order valence-corrected chi connectivity index (χ2v) is 8.09. The van der Waals surface area contributed by atoms with E-state index in [1.54, 1.807) is 23.5 Å². The summed E-state index contributed by atoms with van der Waals surface area (Å²) in [6.45, 7) is 0. The van der Waals surface area contributed by atoms with Gasteiger partial charge in [-0.2, -0.15) is 0 Å². The van der Waals surface area contributed by atoms with Gasteiger partial charge in [-0.25, -0.2) is 0 Å². The summed E-state index contributed by atoms with van der Waals surface area (Å²) in [5.41, 5.74) is 1.55. The van der Waals surface area contributed by atoms with Crippen LogP contribution in [0.5, 0.6) is 0 Å². The molecular weight excluding hydrogens is 368 g/mol. The Morgan fingerprint density at radius 2 is 1.00 bits per heavy atom. The van der Waals surface area contributed by atoms with Crippen molar-refractivity contribution >= 4 is 35.5 Å². The maximum Gasteiger partial charge on any atom is 0.307 e. The van der Waals surface area contributed by atoms with Crippen molar-refractivity contribution < 1.29 is 19.8 Å². The third kappa shape index (κ3) is 3.35. The van der Waals surface area contributed by atoms with Crippen LogP contribution in [-0.2, 0) is 9.59 Å². The molecule has 4 nitrogen and oxygen atoms in total. The van der Waals surface area contributed by atoms with E-state index in [-0.39, 0.29) is 0 Å². The molecule has 1 saturated carbocycles. The minimum atomic E-state index is -0.944. The maximum atomic E-state index is 12.0. The van der Waals surface area contributed by atoms with E-state index in [2.05, 4.69) is 0 Å². The number of hydrogen-bond acceptors (Lipinski definition) is 4. The molecule has 0 saturated heterocycles. The van der Waals surface area contributed by atoms with Gasteiger partial charge in [0.25, 0.3) is 0 Å². The molecule has 0 bridgehead atoms. The summed E-state index contributed by atoms with van der Waals surface area (Å²) in [6, 6.07) is 15.1. The molecular formula is C20H20O4S2. The van der Waals surface area contributed by atoms with Crippen LogP contribution >= 0.6 is 23.5 Å². The van der Waals surface area contributed by atoms with Crippen LogP contribution in [0.15, 0.2) is 58.3 Å². The Kier molecular flexibility index (Phi) is 5.63. The Bertz CT molecular complexity index is 724. The molecule has 2 aromatic rings. The number of carboxylic acid groups (broad SMARTS) is 2. The van der Waals surface area contributed by atoms with E-state index in [1.165, 1.54) is 0 Å². The smallest absolute Gasteiger partial charge is 0.307 e. The van der Waals surface area contributed by atoms with Gasteiger partial charge in [0.15, 0.2) is 0 Å². The number of rotatable bonds is 6. The number of carboxylic acids is 2. The molecule has 6 heteroatoms. The van der Waals surface area contributed by atoms with Crippen molar-refractivity contribution in [1.82, 2.24) is 0 Å². The number of thioether (sulfide) groups is 2. The standard InChI is InChI=1S/C20H20O4S2/c1-25-13-7-3-11(4-8-13)15-17(19(21)22)16(18(15)20(23)24)12-5-9-14(26-2)10-6-12/h3-10,15-18H,1-2H3,(H,21,22)(H,23,24). The minimum Gasteiger partial charge on any atom is -0.481 e. The van der Waals surface area contributed by atoms with Gasteiger partial charge in [0, 0.05) is 21.6 Å². The van der Waals surface area contributed by atoms with Crippen molar-refractivity contribution in [2.75, 3.05) is 12.5 Å². The van der Waals surface area contributed by atoms with E-state index in [1.807, 2.05) is 61.0 Å². The Balaban J connectivity index is 1.98. The van der Waals surface area contributed by atoms with Crippen LogP contribution in [0, 0.1) is 11.8 Å². The molecule has 0 atom stereocenters. The lowest BCUT2D eigenvalue weighted by Crippen LogP contribution is -2.50. The van der Waals surface area contributed by atoms with Gasteiger partial charge in [-0.15, -0.1) is 23.5 Å². The molecule has 1 fully saturated rings. The summed E-state index contributed by atoms with van der Waals surface area (Å²) in [6.07, 6.45) is 3.93. The van der Waals surface area contributed by atoms with Crippen molar-refractivity contribution in [3.8, 4) is 0 Å². The molecule has 0 aromatic heterocycles. The fraction of sp³-hybridized carbons (Fsp3) is 0.300. The van der Waals surface area contributed by atoms with Crippen molar-refractivity contribution in [3.63, 3.8) is 0 Å². The zero-order chi connectivity index (χ0) is 18.8. The Hall–Kier alpha value is -1.92. The summed E-state index contributed by atoms with van der Waals surface area (Å²) in [7, 11) is 0. The minimum absolute atomic E-state index is 0.522. The molecule has 136 valence electrons. The van der Waals surface area contributed by atoms with Gasteiger partial charge in [0.1, 0.15) is 0 Å². The van der Waals surface area contributed by atoms with Crippen molar-refractivity contribution in [2.45, 2.75) is 21.6 Å². The lowest BCUT2D eigenvalue weighted by molar-refractivity contribution is -0.159. The molecule has 0 radical (unpaired) electrons. The molecule has 2 N–H and O–H groups in total. The Morgan fingerprint density at radius 3 is 1.23 bits per heavy atom. The molecule has 1 aliphatic rings. The van der Waals surface area contributed by atoms with Crippen molar-refractivity contribution in [2.24, 2.45) is 11.8 Å². The zero-order valence-corrected chi connectivity index (χ0v) is 16.1. The number of benzene rings is 2. The van der Waals surface area contributed by atoms with Gasteiger partial charge in [0.05, 0.1) is 11.8 Å². The molecule has 0 aliphatic heterocycles. The Labute approximate surface area is 161 Å². The SMILES string of the molecule is CSc1ccc(C2C(C(=O)O)C(c3ccc(SC)cc3)C2C(=O)O)cc1. The van der Waals surface area contributed by atoms with Crippen molar-refractivity contribution in [3.05, 3.63) is 59.7 Å². The molecule has 1 aliphatic carbocycles. The first-order valence-corrected chi connectivity index (χ1v) is 10.7. The molecule has 2 aromatic carbocycles. The van der Waals surface area contributed by atoms with E-state index in [0.29, 0.717) is 0 Å². The first-order chi connectivity index (χ1) is 12.5. The molecule has 26 heavy (non-hydrogen) atoms. The van der Waals surface area contributed by atoms with Gasteiger partial charge in [0.2, 0.25) is 0 Å². The van der Waals surface area contributed by atoms with E-state index in [4.69, 9.17) is 0 Å². The van der Waals surface area contributed by atoms with E-state index < -0.39 is 35.6 Å². The van der Waals surface area contributed by atoms with Crippen LogP contribution < -0.4 is 0 Å². The summed E-state index contributed by atoms with van der Waals surface area (Å²) in [5, 5.41) is 19.6. The van der Waals surface area contributed by atoms with Crippen LogP contribution in [0.4, 0.5) is 0 Å². The number of aliphatic carboxylic acids is 2. The van der Waals surface area contributed by atoms with Gasteiger partial charge >= 0.3 is 11.9 Å². The average Bonchev–Trinajstić information content (AvgIpc) is 2.61. The van der Waals surface area contributed by atoms with E-state index >= 15 is 0 Å². The van der Waals surface area contributed by atoms with Crippen LogP contribution in [0.25, 0.3) is 0 Å². The highest BCUT2D eigenvalue weighted by atomic mass is 32.2. The normalized spacial score (nSPS) is 24.7. The first-order valence-electron chi connectivity index (χ1n) is 8.21. The summed E-state index contributed by atoms with van der Waals surface area (Å²) >= 11 is 3.19. The monoisotopic (exact) mass is 388 g/mol. The van der Waals surface area contributed by atoms with Crippen LogP contribution in [0.1, 0.15) is 23.0 Å². The molecule has 3 rings (SSSR count). The lowest BCUT2D eigenvalue weighted by Gasteiger charge is -2.48. The van der Waals surface area contributed by atoms with Gasteiger partial charge in [-0.05, 0) is 47.9 Å². The highest BCUT2D eigenvalue weighted by Crippen LogP contribution is 2.57. The fourth-order valence-corrected chi connectivity index (χ4v) is 4.66. The van der Waals surface area contributed by atoms with Crippen LogP contribution in [0.2, 0.25) is 0 Å². The molecule has 0 unspecified atom stereocenters. The lowest BCUT2D eigenvalue weighted by atomic mass is 9.52. The van der Waals surface area contributed by atoms with E-state index in [9.17, 15) is 19.8 Å². The maximum absolute atomic E-state index is 12.0. The second-order valence-electron chi connectivity index (χ2n) is 6.33. The molecule has 0 spiro atoms. The fourth-order valence-electron chi connectivity index (χ4n) is 3.84. The summed E-state index contributed by atoms with van der Waals surface area (Å²) < 4.78 is 0. The third-order valence-corrected chi connectivity index (χ3v) is 6.61. The van der Waals surface area contributed by atoms with Gasteiger partial charge in [-0.1, -0.05) is 24.3 Å². The topological polar surface area (TPSA) is 74.6 Å². The molecule has 0 heterocycles. The van der Waals surface area contributed by atoms with Gasteiger partial charge in [-0.3, -0.25) is 9.59 Å². The molecule has 0 amide bonds. The van der Waals surface area contributed by atoms with Crippen LogP contribution in [0.3, 0.4) is 0 Å². The van der Waals surface area contributed by atoms with Gasteiger partial charge < -0.3 is 10.2 Å². The third-order valence-electron chi connectivity index (χ3n) is 5.12. The highest BCUT2D eigenvalue weighted by Gasteiger charge is 2.58. The number of hydrogen-bond donors (Lipinski definition) is 2. The first kappa shape index (κ1) is 18.9. The number of carbonyl (C=O) groups is 2. The Morgan fingerprint density at radius 1 is 0.692 bits per heavy atom. The predicted octanol–water partition coefficient (Wildman–Crippen LogP) is 4.41. The largest absolute Gasteiger partial charge is 0.481 e. The average molecular weight is 389 g/mol. The quantitative estimate of drug-likeness (QED) is 0.714. The summed E-state index contributed by atoms with van der Waals surface area (Å²) in [5.74, 6) is -4.41. The summed E-state index contributed by atoms with van der Waals surface area (Å²) in [4.78, 5) is 26.1. The highest BCUT2D eigenvalue weighted by molar-refractivity contribution is 7.98. The van der Waals surface area contributed by atoms with Crippen molar-refractivity contribution in [1.29, 1.82) is 0 Å². The predicted molar refractivity (Wildman–Crippen MR) is 104 cm³/mol. The second kappa shape index (κ2) is 7.76. The zero-order valence-electron chi connectivity index (χ0n) is 14.5. The van der Waals surface area contributed by atoms with E-state index in [0.717, 1.165) is 20.9 Å².